The molecule has 1 unspecified atom stereocenters. The fourth-order valence-corrected chi connectivity index (χ4v) is 2.32. The predicted octanol–water partition coefficient (Wildman–Crippen LogP) is 1.51. The molecule has 0 amide bonds. The molecule has 0 spiro atoms. The molecule has 1 saturated heterocycles. The van der Waals surface area contributed by atoms with E-state index in [9.17, 15) is 0 Å². The lowest BCUT2D eigenvalue weighted by Crippen LogP contribution is -2.20. The number of aliphatic hydroxyl groups is 1. The minimum absolute atomic E-state index is 0.293. The SMILES string of the molecule is C#CCOc1cccc(CN2CCC(CO)C2)c1. The highest BCUT2D eigenvalue weighted by molar-refractivity contribution is 5.28. The Bertz CT molecular complexity index is 425. The van der Waals surface area contributed by atoms with Gasteiger partial charge in [0.15, 0.2) is 0 Å². The lowest BCUT2D eigenvalue weighted by atomic mass is 10.1. The molecule has 2 rings (SSSR count). The van der Waals surface area contributed by atoms with Crippen molar-refractivity contribution in [3.05, 3.63) is 29.8 Å². The molecule has 1 heterocycles. The molecule has 1 aromatic rings. The van der Waals surface area contributed by atoms with Crippen LogP contribution in [0.5, 0.6) is 5.75 Å². The molecule has 0 bridgehead atoms. The van der Waals surface area contributed by atoms with Gasteiger partial charge in [-0.25, -0.2) is 0 Å². The van der Waals surface area contributed by atoms with Crippen molar-refractivity contribution in [1.29, 1.82) is 0 Å². The first kappa shape index (κ1) is 12.9. The van der Waals surface area contributed by atoms with E-state index in [0.717, 1.165) is 31.8 Å². The van der Waals surface area contributed by atoms with Gasteiger partial charge in [-0.05, 0) is 36.6 Å². The molecule has 1 aliphatic heterocycles. The van der Waals surface area contributed by atoms with E-state index in [1.807, 2.05) is 18.2 Å². The summed E-state index contributed by atoms with van der Waals surface area (Å²) in [7, 11) is 0. The third-order valence-electron chi connectivity index (χ3n) is 3.25. The van der Waals surface area contributed by atoms with Gasteiger partial charge < -0.3 is 9.84 Å². The lowest BCUT2D eigenvalue weighted by Gasteiger charge is -2.16. The van der Waals surface area contributed by atoms with Crippen molar-refractivity contribution in [2.24, 2.45) is 5.92 Å². The summed E-state index contributed by atoms with van der Waals surface area (Å²) in [5, 5.41) is 9.13. The van der Waals surface area contributed by atoms with Crippen molar-refractivity contribution in [3.8, 4) is 18.1 Å². The van der Waals surface area contributed by atoms with Crippen molar-refractivity contribution in [2.45, 2.75) is 13.0 Å². The maximum Gasteiger partial charge on any atom is 0.148 e. The van der Waals surface area contributed by atoms with Gasteiger partial charge in [0.05, 0.1) is 0 Å². The van der Waals surface area contributed by atoms with E-state index in [2.05, 4.69) is 16.9 Å². The van der Waals surface area contributed by atoms with Crippen LogP contribution >= 0.6 is 0 Å². The van der Waals surface area contributed by atoms with Crippen molar-refractivity contribution in [2.75, 3.05) is 26.3 Å². The van der Waals surface area contributed by atoms with Gasteiger partial charge in [-0.15, -0.1) is 6.42 Å². The number of terminal acetylenes is 1. The third kappa shape index (κ3) is 3.49. The average molecular weight is 245 g/mol. The summed E-state index contributed by atoms with van der Waals surface area (Å²) in [6.45, 7) is 3.54. The second kappa shape index (κ2) is 6.44. The Labute approximate surface area is 108 Å². The minimum Gasteiger partial charge on any atom is -0.481 e. The van der Waals surface area contributed by atoms with Gasteiger partial charge in [0.25, 0.3) is 0 Å². The number of benzene rings is 1. The van der Waals surface area contributed by atoms with E-state index in [1.165, 1.54) is 5.56 Å². The molecule has 1 atom stereocenters. The van der Waals surface area contributed by atoms with Crippen molar-refractivity contribution < 1.29 is 9.84 Å². The van der Waals surface area contributed by atoms with E-state index in [-0.39, 0.29) is 0 Å². The predicted molar refractivity (Wildman–Crippen MR) is 71.2 cm³/mol. The van der Waals surface area contributed by atoms with Crippen LogP contribution in [0.2, 0.25) is 0 Å². The van der Waals surface area contributed by atoms with E-state index >= 15 is 0 Å². The summed E-state index contributed by atoms with van der Waals surface area (Å²) in [5.41, 5.74) is 1.23. The molecule has 0 aromatic heterocycles. The molecular weight excluding hydrogens is 226 g/mol. The molecule has 1 aromatic carbocycles. The highest BCUT2D eigenvalue weighted by atomic mass is 16.5. The van der Waals surface area contributed by atoms with Gasteiger partial charge >= 0.3 is 0 Å². The Morgan fingerprint density at radius 2 is 2.39 bits per heavy atom. The van der Waals surface area contributed by atoms with E-state index in [4.69, 9.17) is 16.3 Å². The molecule has 3 heteroatoms. The Hall–Kier alpha value is -1.50. The van der Waals surface area contributed by atoms with Gasteiger partial charge in [-0.3, -0.25) is 4.90 Å². The van der Waals surface area contributed by atoms with Crippen LogP contribution < -0.4 is 4.74 Å². The second-order valence-electron chi connectivity index (χ2n) is 4.71. The van der Waals surface area contributed by atoms with Gasteiger partial charge in [0, 0.05) is 19.7 Å². The summed E-state index contributed by atoms with van der Waals surface area (Å²) >= 11 is 0. The number of rotatable bonds is 5. The molecule has 96 valence electrons. The highest BCUT2D eigenvalue weighted by Crippen LogP contribution is 2.20. The monoisotopic (exact) mass is 245 g/mol. The van der Waals surface area contributed by atoms with Crippen molar-refractivity contribution >= 4 is 0 Å². The normalized spacial score (nSPS) is 19.7. The van der Waals surface area contributed by atoms with Gasteiger partial charge in [0.2, 0.25) is 0 Å². The van der Waals surface area contributed by atoms with Crippen LogP contribution in [0.15, 0.2) is 24.3 Å². The van der Waals surface area contributed by atoms with E-state index in [1.54, 1.807) is 0 Å². The van der Waals surface area contributed by atoms with Crippen LogP contribution in [0.25, 0.3) is 0 Å². The molecule has 3 nitrogen and oxygen atoms in total. The first-order valence-electron chi connectivity index (χ1n) is 6.30. The minimum atomic E-state index is 0.293. The first-order valence-corrected chi connectivity index (χ1v) is 6.30. The molecule has 18 heavy (non-hydrogen) atoms. The van der Waals surface area contributed by atoms with Crippen LogP contribution in [0.3, 0.4) is 0 Å². The zero-order valence-corrected chi connectivity index (χ0v) is 10.5. The summed E-state index contributed by atoms with van der Waals surface area (Å²) in [6.07, 6.45) is 6.26. The Balaban J connectivity index is 1.91. The Kier molecular flexibility index (Phi) is 4.63. The summed E-state index contributed by atoms with van der Waals surface area (Å²) < 4.78 is 5.41. The second-order valence-corrected chi connectivity index (χ2v) is 4.71. The van der Waals surface area contributed by atoms with E-state index < -0.39 is 0 Å². The number of likely N-dealkylation sites (tertiary alicyclic amines) is 1. The summed E-state index contributed by atoms with van der Waals surface area (Å²) in [5.74, 6) is 3.72. The average Bonchev–Trinajstić information content (AvgIpc) is 2.84. The molecule has 0 saturated carbocycles. The highest BCUT2D eigenvalue weighted by Gasteiger charge is 2.21. The lowest BCUT2D eigenvalue weighted by molar-refractivity contribution is 0.220. The zero-order chi connectivity index (χ0) is 12.8. The number of nitrogens with zero attached hydrogens (tertiary/aromatic N) is 1. The maximum atomic E-state index is 9.13. The molecule has 1 aliphatic rings. The fraction of sp³-hybridized carbons (Fsp3) is 0.467. The van der Waals surface area contributed by atoms with Crippen LogP contribution in [-0.2, 0) is 6.54 Å². The van der Waals surface area contributed by atoms with Crippen LogP contribution in [-0.4, -0.2) is 36.3 Å². The molecular formula is C15H19NO2. The number of ether oxygens (including phenoxy) is 1. The van der Waals surface area contributed by atoms with Crippen molar-refractivity contribution in [3.63, 3.8) is 0 Å². The van der Waals surface area contributed by atoms with Crippen molar-refractivity contribution in [1.82, 2.24) is 4.90 Å². The largest absolute Gasteiger partial charge is 0.481 e. The molecule has 1 N–H and O–H groups in total. The molecule has 0 aliphatic carbocycles. The quantitative estimate of drug-likeness (QED) is 0.798. The summed E-state index contributed by atoms with van der Waals surface area (Å²) in [6, 6.07) is 8.03. The number of aliphatic hydroxyl groups excluding tert-OH is 1. The van der Waals surface area contributed by atoms with Crippen LogP contribution in [0.4, 0.5) is 0 Å². The standard InChI is InChI=1S/C15H19NO2/c1-2-8-18-15-5-3-4-13(9-15)10-16-7-6-14(11-16)12-17/h1,3-5,9,14,17H,6-8,10-12H2. The smallest absolute Gasteiger partial charge is 0.148 e. The Morgan fingerprint density at radius 3 is 3.11 bits per heavy atom. The first-order chi connectivity index (χ1) is 8.81. The summed E-state index contributed by atoms with van der Waals surface area (Å²) in [4.78, 5) is 2.36. The number of hydrogen-bond acceptors (Lipinski definition) is 3. The topological polar surface area (TPSA) is 32.7 Å². The van der Waals surface area contributed by atoms with Crippen LogP contribution in [0, 0.1) is 18.3 Å². The maximum absolute atomic E-state index is 9.13. The van der Waals surface area contributed by atoms with Gasteiger partial charge in [0.1, 0.15) is 12.4 Å². The molecule has 1 fully saturated rings. The number of hydrogen-bond donors (Lipinski definition) is 1. The molecule has 0 radical (unpaired) electrons. The van der Waals surface area contributed by atoms with Gasteiger partial charge in [-0.2, -0.15) is 0 Å². The van der Waals surface area contributed by atoms with E-state index in [0.29, 0.717) is 19.1 Å². The third-order valence-corrected chi connectivity index (χ3v) is 3.25. The van der Waals surface area contributed by atoms with Gasteiger partial charge in [-0.1, -0.05) is 18.1 Å². The fourth-order valence-electron chi connectivity index (χ4n) is 2.32. The Morgan fingerprint density at radius 1 is 1.50 bits per heavy atom. The van der Waals surface area contributed by atoms with Crippen LogP contribution in [0.1, 0.15) is 12.0 Å². The zero-order valence-electron chi connectivity index (χ0n) is 10.5.